The van der Waals surface area contributed by atoms with Crippen molar-refractivity contribution in [2.24, 2.45) is 0 Å². The van der Waals surface area contributed by atoms with Crippen LogP contribution in [0.1, 0.15) is 30.2 Å². The molecule has 1 rings (SSSR count). The zero-order chi connectivity index (χ0) is 14.3. The quantitative estimate of drug-likeness (QED) is 0.748. The zero-order valence-electron chi connectivity index (χ0n) is 11.6. The van der Waals surface area contributed by atoms with E-state index in [1.807, 2.05) is 18.7 Å². The van der Waals surface area contributed by atoms with Crippen molar-refractivity contribution >= 4 is 11.9 Å². The standard InChI is InChI=1S/C13H20N2O4/c1-4-14-12(16)9-15(5-2)8-10-6-7-11(19-10)13(17)18-3/h6-7H,4-5,8-9H2,1-3H3,(H,14,16). The Kier molecular flexibility index (Phi) is 6.08. The maximum absolute atomic E-state index is 11.5. The number of amides is 1. The van der Waals surface area contributed by atoms with E-state index in [-0.39, 0.29) is 11.7 Å². The lowest BCUT2D eigenvalue weighted by Crippen LogP contribution is -2.36. The van der Waals surface area contributed by atoms with Gasteiger partial charge in [0.05, 0.1) is 20.2 Å². The van der Waals surface area contributed by atoms with Gasteiger partial charge >= 0.3 is 5.97 Å². The average Bonchev–Trinajstić information content (AvgIpc) is 2.85. The molecule has 6 nitrogen and oxygen atoms in total. The van der Waals surface area contributed by atoms with Gasteiger partial charge in [0.15, 0.2) is 0 Å². The lowest BCUT2D eigenvalue weighted by Gasteiger charge is -2.18. The predicted molar refractivity (Wildman–Crippen MR) is 69.7 cm³/mol. The molecule has 1 aromatic heterocycles. The van der Waals surface area contributed by atoms with E-state index in [1.54, 1.807) is 12.1 Å². The summed E-state index contributed by atoms with van der Waals surface area (Å²) in [6.07, 6.45) is 0. The van der Waals surface area contributed by atoms with Crippen LogP contribution in [0.15, 0.2) is 16.5 Å². The number of methoxy groups -OCH3 is 1. The number of carbonyl (C=O) groups is 2. The first kappa shape index (κ1) is 15.2. The van der Waals surface area contributed by atoms with E-state index >= 15 is 0 Å². The molecule has 0 aliphatic heterocycles. The summed E-state index contributed by atoms with van der Waals surface area (Å²) in [5.74, 6) is 0.278. The van der Waals surface area contributed by atoms with Crippen molar-refractivity contribution in [3.8, 4) is 0 Å². The topological polar surface area (TPSA) is 71.8 Å². The van der Waals surface area contributed by atoms with Crippen LogP contribution in [-0.4, -0.2) is 43.5 Å². The summed E-state index contributed by atoms with van der Waals surface area (Å²) in [5, 5.41) is 2.74. The van der Waals surface area contributed by atoms with Gasteiger partial charge in [-0.1, -0.05) is 6.92 Å². The summed E-state index contributed by atoms with van der Waals surface area (Å²) < 4.78 is 9.93. The van der Waals surface area contributed by atoms with Crippen LogP contribution >= 0.6 is 0 Å². The second-order valence-corrected chi connectivity index (χ2v) is 4.01. The van der Waals surface area contributed by atoms with E-state index in [4.69, 9.17) is 4.42 Å². The molecule has 0 aliphatic rings. The number of hydrogen-bond acceptors (Lipinski definition) is 5. The Balaban J connectivity index is 2.58. The number of hydrogen-bond donors (Lipinski definition) is 1. The van der Waals surface area contributed by atoms with Gasteiger partial charge in [0.1, 0.15) is 5.76 Å². The van der Waals surface area contributed by atoms with Crippen LogP contribution in [0.4, 0.5) is 0 Å². The van der Waals surface area contributed by atoms with E-state index in [0.717, 1.165) is 0 Å². The number of esters is 1. The fourth-order valence-electron chi connectivity index (χ4n) is 1.63. The van der Waals surface area contributed by atoms with Crippen molar-refractivity contribution < 1.29 is 18.7 Å². The van der Waals surface area contributed by atoms with Gasteiger partial charge in [0.25, 0.3) is 0 Å². The number of likely N-dealkylation sites (N-methyl/N-ethyl adjacent to an activating group) is 2. The number of carbonyl (C=O) groups excluding carboxylic acids is 2. The van der Waals surface area contributed by atoms with Crippen molar-refractivity contribution in [2.75, 3.05) is 26.7 Å². The third-order valence-electron chi connectivity index (χ3n) is 2.62. The normalized spacial score (nSPS) is 10.5. The highest BCUT2D eigenvalue weighted by molar-refractivity contribution is 5.86. The summed E-state index contributed by atoms with van der Waals surface area (Å²) in [5.41, 5.74) is 0. The molecular weight excluding hydrogens is 248 g/mol. The Morgan fingerprint density at radius 3 is 2.68 bits per heavy atom. The van der Waals surface area contributed by atoms with Gasteiger partial charge in [-0.15, -0.1) is 0 Å². The number of ether oxygens (including phenoxy) is 1. The molecule has 1 N–H and O–H groups in total. The Bertz CT molecular complexity index is 428. The smallest absolute Gasteiger partial charge is 0.373 e. The average molecular weight is 268 g/mol. The summed E-state index contributed by atoms with van der Waals surface area (Å²) in [6.45, 7) is 5.95. The summed E-state index contributed by atoms with van der Waals surface area (Å²) >= 11 is 0. The minimum Gasteiger partial charge on any atom is -0.463 e. The van der Waals surface area contributed by atoms with Crippen LogP contribution < -0.4 is 5.32 Å². The largest absolute Gasteiger partial charge is 0.463 e. The summed E-state index contributed by atoms with van der Waals surface area (Å²) in [4.78, 5) is 24.7. The number of nitrogens with one attached hydrogen (secondary N) is 1. The Hall–Kier alpha value is -1.82. The van der Waals surface area contributed by atoms with Gasteiger partial charge < -0.3 is 14.5 Å². The van der Waals surface area contributed by atoms with E-state index in [9.17, 15) is 9.59 Å². The van der Waals surface area contributed by atoms with Crippen molar-refractivity contribution in [3.63, 3.8) is 0 Å². The van der Waals surface area contributed by atoms with E-state index in [1.165, 1.54) is 7.11 Å². The monoisotopic (exact) mass is 268 g/mol. The molecule has 1 aromatic rings. The molecule has 6 heteroatoms. The maximum atomic E-state index is 11.5. The molecule has 0 unspecified atom stereocenters. The van der Waals surface area contributed by atoms with Crippen molar-refractivity contribution in [2.45, 2.75) is 20.4 Å². The predicted octanol–water partition coefficient (Wildman–Crippen LogP) is 1.02. The van der Waals surface area contributed by atoms with Crippen LogP contribution in [-0.2, 0) is 16.1 Å². The highest BCUT2D eigenvalue weighted by Gasteiger charge is 2.14. The van der Waals surface area contributed by atoms with Gasteiger partial charge in [0, 0.05) is 6.54 Å². The van der Waals surface area contributed by atoms with Gasteiger partial charge in [-0.3, -0.25) is 9.69 Å². The van der Waals surface area contributed by atoms with Crippen molar-refractivity contribution in [1.29, 1.82) is 0 Å². The molecule has 0 saturated carbocycles. The van der Waals surface area contributed by atoms with E-state index < -0.39 is 5.97 Å². The molecular formula is C13H20N2O4. The minimum absolute atomic E-state index is 0.0240. The van der Waals surface area contributed by atoms with E-state index in [2.05, 4.69) is 10.1 Å². The fraction of sp³-hybridized carbons (Fsp3) is 0.538. The third-order valence-corrected chi connectivity index (χ3v) is 2.62. The molecule has 0 saturated heterocycles. The molecule has 19 heavy (non-hydrogen) atoms. The molecule has 0 aliphatic carbocycles. The lowest BCUT2D eigenvalue weighted by molar-refractivity contribution is -0.122. The van der Waals surface area contributed by atoms with Crippen LogP contribution in [0.2, 0.25) is 0 Å². The SMILES string of the molecule is CCNC(=O)CN(CC)Cc1ccc(C(=O)OC)o1. The van der Waals surface area contributed by atoms with Crippen molar-refractivity contribution in [3.05, 3.63) is 23.7 Å². The van der Waals surface area contributed by atoms with Crippen LogP contribution in [0, 0.1) is 0 Å². The first-order valence-corrected chi connectivity index (χ1v) is 6.26. The minimum atomic E-state index is -0.502. The molecule has 0 radical (unpaired) electrons. The molecule has 0 bridgehead atoms. The number of furan rings is 1. The molecule has 106 valence electrons. The maximum Gasteiger partial charge on any atom is 0.373 e. The Morgan fingerprint density at radius 2 is 2.11 bits per heavy atom. The Labute approximate surface area is 112 Å². The first-order valence-electron chi connectivity index (χ1n) is 6.26. The number of rotatable bonds is 7. The van der Waals surface area contributed by atoms with Gasteiger partial charge in [-0.2, -0.15) is 0 Å². The molecule has 1 amide bonds. The van der Waals surface area contributed by atoms with E-state index in [0.29, 0.717) is 31.9 Å². The molecule has 0 fully saturated rings. The van der Waals surface area contributed by atoms with Gasteiger partial charge in [0.2, 0.25) is 11.7 Å². The van der Waals surface area contributed by atoms with Gasteiger partial charge in [-0.05, 0) is 25.6 Å². The van der Waals surface area contributed by atoms with Gasteiger partial charge in [-0.25, -0.2) is 4.79 Å². The van der Waals surface area contributed by atoms with Crippen LogP contribution in [0.5, 0.6) is 0 Å². The highest BCUT2D eigenvalue weighted by Crippen LogP contribution is 2.11. The lowest BCUT2D eigenvalue weighted by atomic mass is 10.3. The molecule has 0 spiro atoms. The van der Waals surface area contributed by atoms with Crippen molar-refractivity contribution in [1.82, 2.24) is 10.2 Å². The number of nitrogens with zero attached hydrogens (tertiary/aromatic N) is 1. The summed E-state index contributed by atoms with van der Waals surface area (Å²) in [7, 11) is 1.30. The molecule has 0 aromatic carbocycles. The zero-order valence-corrected chi connectivity index (χ0v) is 11.6. The second kappa shape index (κ2) is 7.58. The molecule has 1 heterocycles. The summed E-state index contributed by atoms with van der Waals surface area (Å²) in [6, 6.07) is 3.29. The third kappa shape index (κ3) is 4.75. The fourth-order valence-corrected chi connectivity index (χ4v) is 1.63. The second-order valence-electron chi connectivity index (χ2n) is 4.01. The van der Waals surface area contributed by atoms with Crippen LogP contribution in [0.3, 0.4) is 0 Å². The highest BCUT2D eigenvalue weighted by atomic mass is 16.5. The molecule has 0 atom stereocenters. The Morgan fingerprint density at radius 1 is 1.37 bits per heavy atom. The first-order chi connectivity index (χ1) is 9.10. The van der Waals surface area contributed by atoms with Crippen LogP contribution in [0.25, 0.3) is 0 Å².